The number of nitrogens with one attached hydrogen (secondary N) is 1. The molecule has 20 heavy (non-hydrogen) atoms. The Morgan fingerprint density at radius 3 is 2.60 bits per heavy atom. The molecule has 2 N–H and O–H groups in total. The van der Waals surface area contributed by atoms with Crippen LogP contribution in [0.1, 0.15) is 51.0 Å². The molecule has 0 saturated heterocycles. The molecule has 0 aliphatic heterocycles. The number of phenols is 1. The van der Waals surface area contributed by atoms with Gasteiger partial charge in [0.15, 0.2) is 0 Å². The molecule has 2 nitrogen and oxygen atoms in total. The fourth-order valence-corrected chi connectivity index (χ4v) is 3.73. The van der Waals surface area contributed by atoms with Crippen LogP contribution in [0.4, 0.5) is 0 Å². The second-order valence-corrected chi connectivity index (χ2v) is 6.34. The molecule has 112 valence electrons. The van der Waals surface area contributed by atoms with Gasteiger partial charge in [-0.1, -0.05) is 44.7 Å². The van der Waals surface area contributed by atoms with Crippen molar-refractivity contribution < 1.29 is 5.11 Å². The van der Waals surface area contributed by atoms with Gasteiger partial charge in [-0.25, -0.2) is 0 Å². The van der Waals surface area contributed by atoms with Crippen LogP contribution in [0.15, 0.2) is 24.3 Å². The van der Waals surface area contributed by atoms with E-state index in [1.807, 2.05) is 12.1 Å². The van der Waals surface area contributed by atoms with Gasteiger partial charge in [-0.2, -0.15) is 0 Å². The van der Waals surface area contributed by atoms with Gasteiger partial charge in [0.2, 0.25) is 0 Å². The summed E-state index contributed by atoms with van der Waals surface area (Å²) in [4.78, 5) is 0. The largest absolute Gasteiger partial charge is 0.508 e. The summed E-state index contributed by atoms with van der Waals surface area (Å²) in [6, 6.07) is 8.24. The molecule has 1 unspecified atom stereocenters. The molecule has 0 aromatic heterocycles. The van der Waals surface area contributed by atoms with Crippen molar-refractivity contribution in [2.45, 2.75) is 57.9 Å². The lowest BCUT2D eigenvalue weighted by molar-refractivity contribution is 0.217. The first-order valence-electron chi connectivity index (χ1n) is 8.18. The smallest absolute Gasteiger partial charge is 0.115 e. The number of hydrogen-bond acceptors (Lipinski definition) is 2. The number of rotatable bonds is 6. The number of phenolic OH excluding ortho intramolecular Hbond substituents is 1. The Hall–Kier alpha value is -1.02. The average molecular weight is 275 g/mol. The Kier molecular flexibility index (Phi) is 5.90. The number of benzene rings is 1. The van der Waals surface area contributed by atoms with E-state index in [4.69, 9.17) is 0 Å². The molecule has 0 amide bonds. The van der Waals surface area contributed by atoms with Crippen LogP contribution in [0.5, 0.6) is 5.75 Å². The minimum atomic E-state index is 0.379. The number of likely N-dealkylation sites (N-methyl/N-ethyl adjacent to an activating group) is 1. The van der Waals surface area contributed by atoms with Gasteiger partial charge in [-0.05, 0) is 55.8 Å². The van der Waals surface area contributed by atoms with E-state index >= 15 is 0 Å². The highest BCUT2D eigenvalue weighted by atomic mass is 16.3. The second kappa shape index (κ2) is 7.68. The van der Waals surface area contributed by atoms with Crippen molar-refractivity contribution in [3.63, 3.8) is 0 Å². The molecule has 1 aliphatic carbocycles. The highest BCUT2D eigenvalue weighted by molar-refractivity contribution is 5.27. The van der Waals surface area contributed by atoms with Crippen LogP contribution in [0.2, 0.25) is 0 Å². The van der Waals surface area contributed by atoms with E-state index in [0.717, 1.165) is 18.3 Å². The average Bonchev–Trinajstić information content (AvgIpc) is 2.46. The van der Waals surface area contributed by atoms with E-state index < -0.39 is 0 Å². The number of hydrogen-bond donors (Lipinski definition) is 2. The fraction of sp³-hybridized carbons (Fsp3) is 0.667. The highest BCUT2D eigenvalue weighted by Gasteiger charge is 2.26. The van der Waals surface area contributed by atoms with Gasteiger partial charge in [0, 0.05) is 6.04 Å². The lowest BCUT2D eigenvalue weighted by Crippen LogP contribution is -2.37. The zero-order chi connectivity index (χ0) is 14.4. The Labute approximate surface area is 123 Å². The minimum absolute atomic E-state index is 0.379. The molecule has 1 atom stereocenters. The molecular weight excluding hydrogens is 246 g/mol. The normalized spacial score (nSPS) is 24.5. The molecule has 0 bridgehead atoms. The maximum Gasteiger partial charge on any atom is 0.115 e. The summed E-state index contributed by atoms with van der Waals surface area (Å²) in [7, 11) is 2.07. The summed E-state index contributed by atoms with van der Waals surface area (Å²) < 4.78 is 0. The lowest BCUT2D eigenvalue weighted by Gasteiger charge is -2.34. The number of aromatic hydroxyl groups is 1. The third-order valence-electron chi connectivity index (χ3n) is 4.89. The third-order valence-corrected chi connectivity index (χ3v) is 4.89. The zero-order valence-corrected chi connectivity index (χ0v) is 12.9. The minimum Gasteiger partial charge on any atom is -0.508 e. The summed E-state index contributed by atoms with van der Waals surface area (Å²) in [5.41, 5.74) is 1.24. The topological polar surface area (TPSA) is 32.3 Å². The molecule has 1 aliphatic rings. The lowest BCUT2D eigenvalue weighted by atomic mass is 9.76. The van der Waals surface area contributed by atoms with Crippen molar-refractivity contribution in [1.29, 1.82) is 0 Å². The van der Waals surface area contributed by atoms with Crippen LogP contribution in [0, 0.1) is 11.8 Å². The Morgan fingerprint density at radius 2 is 2.00 bits per heavy atom. The Bertz CT molecular complexity index is 396. The van der Waals surface area contributed by atoms with Gasteiger partial charge in [-0.15, -0.1) is 0 Å². The van der Waals surface area contributed by atoms with Gasteiger partial charge in [0.25, 0.3) is 0 Å². The van der Waals surface area contributed by atoms with Crippen LogP contribution in [-0.2, 0) is 6.42 Å². The zero-order valence-electron chi connectivity index (χ0n) is 12.9. The quantitative estimate of drug-likeness (QED) is 0.818. The molecule has 1 saturated carbocycles. The first-order chi connectivity index (χ1) is 9.72. The third kappa shape index (κ3) is 4.24. The molecular formula is C18H29NO. The Balaban J connectivity index is 1.89. The molecule has 0 spiro atoms. The SMILES string of the molecule is CCCC1CCC(C(Cc2cccc(O)c2)NC)CC1. The van der Waals surface area contributed by atoms with Crippen LogP contribution < -0.4 is 5.32 Å². The fourth-order valence-electron chi connectivity index (χ4n) is 3.73. The van der Waals surface area contributed by atoms with Crippen molar-refractivity contribution in [1.82, 2.24) is 5.32 Å². The van der Waals surface area contributed by atoms with Crippen molar-refractivity contribution in [2.24, 2.45) is 11.8 Å². The van der Waals surface area contributed by atoms with Crippen molar-refractivity contribution in [3.05, 3.63) is 29.8 Å². The maximum absolute atomic E-state index is 9.58. The standard InChI is InChI=1S/C18H29NO/c1-3-5-14-8-10-16(11-9-14)18(19-2)13-15-6-4-7-17(20)12-15/h4,6-7,12,14,16,18-20H,3,5,8-11,13H2,1-2H3. The van der Waals surface area contributed by atoms with E-state index in [2.05, 4.69) is 25.4 Å². The predicted molar refractivity (Wildman–Crippen MR) is 85.0 cm³/mol. The monoisotopic (exact) mass is 275 g/mol. The summed E-state index contributed by atoms with van der Waals surface area (Å²) in [5, 5.41) is 13.1. The maximum atomic E-state index is 9.58. The Morgan fingerprint density at radius 1 is 1.25 bits per heavy atom. The van der Waals surface area contributed by atoms with Crippen molar-refractivity contribution in [3.8, 4) is 5.75 Å². The van der Waals surface area contributed by atoms with E-state index in [1.54, 1.807) is 6.07 Å². The van der Waals surface area contributed by atoms with Crippen LogP contribution in [0.25, 0.3) is 0 Å². The summed E-state index contributed by atoms with van der Waals surface area (Å²) in [5.74, 6) is 2.13. The summed E-state index contributed by atoms with van der Waals surface area (Å²) in [6.07, 6.45) is 9.27. The van der Waals surface area contributed by atoms with E-state index in [9.17, 15) is 5.11 Å². The first-order valence-corrected chi connectivity index (χ1v) is 8.18. The van der Waals surface area contributed by atoms with Gasteiger partial charge in [0.05, 0.1) is 0 Å². The first kappa shape index (κ1) is 15.4. The van der Waals surface area contributed by atoms with Gasteiger partial charge >= 0.3 is 0 Å². The molecule has 1 aromatic carbocycles. The van der Waals surface area contributed by atoms with Gasteiger partial charge < -0.3 is 10.4 Å². The molecule has 1 fully saturated rings. The van der Waals surface area contributed by atoms with Crippen LogP contribution in [0.3, 0.4) is 0 Å². The molecule has 1 aromatic rings. The van der Waals surface area contributed by atoms with Crippen molar-refractivity contribution >= 4 is 0 Å². The van der Waals surface area contributed by atoms with Crippen LogP contribution >= 0.6 is 0 Å². The van der Waals surface area contributed by atoms with Gasteiger partial charge in [-0.3, -0.25) is 0 Å². The summed E-state index contributed by atoms with van der Waals surface area (Å²) >= 11 is 0. The van der Waals surface area contributed by atoms with Crippen molar-refractivity contribution in [2.75, 3.05) is 7.05 Å². The predicted octanol–water partition coefficient (Wildman–Crippen LogP) is 4.13. The molecule has 0 heterocycles. The van der Waals surface area contributed by atoms with E-state index in [1.165, 1.54) is 44.1 Å². The van der Waals surface area contributed by atoms with Gasteiger partial charge in [0.1, 0.15) is 5.75 Å². The van der Waals surface area contributed by atoms with E-state index in [0.29, 0.717) is 11.8 Å². The van der Waals surface area contributed by atoms with Crippen LogP contribution in [-0.4, -0.2) is 18.2 Å². The molecule has 2 rings (SSSR count). The molecule has 0 radical (unpaired) electrons. The molecule has 2 heteroatoms. The second-order valence-electron chi connectivity index (χ2n) is 6.34. The summed E-state index contributed by atoms with van der Waals surface area (Å²) in [6.45, 7) is 2.30. The van der Waals surface area contributed by atoms with E-state index in [-0.39, 0.29) is 0 Å². The highest BCUT2D eigenvalue weighted by Crippen LogP contribution is 2.34.